The number of pyridine rings is 1. The van der Waals surface area contributed by atoms with E-state index in [1.807, 2.05) is 42.8 Å². The van der Waals surface area contributed by atoms with Gasteiger partial charge in [-0.15, -0.1) is 0 Å². The first-order chi connectivity index (χ1) is 9.59. The minimum atomic E-state index is 0.0216. The van der Waals surface area contributed by atoms with Crippen molar-refractivity contribution in [2.24, 2.45) is 0 Å². The van der Waals surface area contributed by atoms with E-state index in [0.29, 0.717) is 5.92 Å². The molecule has 0 saturated heterocycles. The largest absolute Gasteiger partial charge is 0.281 e. The van der Waals surface area contributed by atoms with Gasteiger partial charge in [-0.2, -0.15) is 4.37 Å². The number of hydrogen-bond acceptors (Lipinski definition) is 3. The normalized spacial score (nSPS) is 11.4. The zero-order chi connectivity index (χ0) is 14.3. The number of nitrogens with zero attached hydrogens (tertiary/aromatic N) is 2. The van der Waals surface area contributed by atoms with Crippen molar-refractivity contribution in [2.45, 2.75) is 26.7 Å². The van der Waals surface area contributed by atoms with Crippen LogP contribution in [0.15, 0.2) is 40.6 Å². The standard InChI is InChI=1S/C16H16N2OS/c1-10(2)14-8-18(15-9-20-17-11(15)3)16(19)13-7-5-4-6-12(13)14/h4-10H,1-3H3. The predicted octanol–water partition coefficient (Wildman–Crippen LogP) is 3.88. The number of aromatic nitrogens is 2. The molecule has 4 heteroatoms. The SMILES string of the molecule is Cc1nscc1-n1cc(C(C)C)c2ccccc2c1=O. The van der Waals surface area contributed by atoms with Crippen LogP contribution in [0.5, 0.6) is 0 Å². The Morgan fingerprint density at radius 2 is 1.90 bits per heavy atom. The Morgan fingerprint density at radius 1 is 1.20 bits per heavy atom. The van der Waals surface area contributed by atoms with E-state index in [-0.39, 0.29) is 5.56 Å². The van der Waals surface area contributed by atoms with Gasteiger partial charge in [-0.25, -0.2) is 0 Å². The third-order valence-corrected chi connectivity index (χ3v) is 4.27. The highest BCUT2D eigenvalue weighted by atomic mass is 32.1. The van der Waals surface area contributed by atoms with Gasteiger partial charge in [0.1, 0.15) is 0 Å². The molecule has 3 aromatic rings. The predicted molar refractivity (Wildman–Crippen MR) is 84.0 cm³/mol. The summed E-state index contributed by atoms with van der Waals surface area (Å²) in [7, 11) is 0. The average Bonchev–Trinajstić information content (AvgIpc) is 2.85. The molecule has 102 valence electrons. The van der Waals surface area contributed by atoms with Crippen LogP contribution < -0.4 is 5.56 Å². The van der Waals surface area contributed by atoms with E-state index in [1.165, 1.54) is 17.1 Å². The molecule has 0 aliphatic carbocycles. The highest BCUT2D eigenvalue weighted by Crippen LogP contribution is 2.25. The maximum Gasteiger partial charge on any atom is 0.263 e. The van der Waals surface area contributed by atoms with E-state index in [9.17, 15) is 4.79 Å². The molecular formula is C16H16N2OS. The summed E-state index contributed by atoms with van der Waals surface area (Å²) < 4.78 is 6.00. The molecule has 2 aromatic heterocycles. The first kappa shape index (κ1) is 13.1. The van der Waals surface area contributed by atoms with Crippen LogP contribution in [0.3, 0.4) is 0 Å². The third kappa shape index (κ3) is 1.96. The van der Waals surface area contributed by atoms with Gasteiger partial charge in [0.25, 0.3) is 5.56 Å². The molecule has 0 radical (unpaired) electrons. The van der Waals surface area contributed by atoms with Crippen LogP contribution in [0.1, 0.15) is 31.0 Å². The summed E-state index contributed by atoms with van der Waals surface area (Å²) in [4.78, 5) is 12.7. The fourth-order valence-electron chi connectivity index (χ4n) is 2.48. The molecule has 20 heavy (non-hydrogen) atoms. The summed E-state index contributed by atoms with van der Waals surface area (Å²) in [5, 5.41) is 3.74. The Labute approximate surface area is 121 Å². The zero-order valence-corrected chi connectivity index (χ0v) is 12.6. The smallest absolute Gasteiger partial charge is 0.263 e. The van der Waals surface area contributed by atoms with E-state index in [0.717, 1.165) is 22.2 Å². The van der Waals surface area contributed by atoms with Crippen molar-refractivity contribution >= 4 is 22.3 Å². The van der Waals surface area contributed by atoms with Crippen LogP contribution in [0.25, 0.3) is 16.5 Å². The second kappa shape index (κ2) is 4.87. The summed E-state index contributed by atoms with van der Waals surface area (Å²) >= 11 is 1.38. The molecule has 2 heterocycles. The molecule has 0 aliphatic heterocycles. The van der Waals surface area contributed by atoms with Crippen LogP contribution in [-0.2, 0) is 0 Å². The van der Waals surface area contributed by atoms with Crippen LogP contribution in [0.4, 0.5) is 0 Å². The molecule has 0 saturated carbocycles. The summed E-state index contributed by atoms with van der Waals surface area (Å²) in [5.74, 6) is 0.360. The van der Waals surface area contributed by atoms with Crippen molar-refractivity contribution in [1.29, 1.82) is 0 Å². The number of hydrogen-bond donors (Lipinski definition) is 0. The zero-order valence-electron chi connectivity index (χ0n) is 11.8. The molecule has 0 amide bonds. The van der Waals surface area contributed by atoms with Gasteiger partial charge in [-0.1, -0.05) is 32.0 Å². The molecule has 1 aromatic carbocycles. The number of benzene rings is 1. The van der Waals surface area contributed by atoms with E-state index in [1.54, 1.807) is 4.57 Å². The topological polar surface area (TPSA) is 34.9 Å². The minimum Gasteiger partial charge on any atom is -0.281 e. The van der Waals surface area contributed by atoms with E-state index in [4.69, 9.17) is 0 Å². The summed E-state index contributed by atoms with van der Waals surface area (Å²) in [5.41, 5.74) is 2.98. The first-order valence-electron chi connectivity index (χ1n) is 6.65. The second-order valence-electron chi connectivity index (χ2n) is 5.25. The second-order valence-corrected chi connectivity index (χ2v) is 5.87. The van der Waals surface area contributed by atoms with Crippen LogP contribution in [0.2, 0.25) is 0 Å². The first-order valence-corrected chi connectivity index (χ1v) is 7.49. The van der Waals surface area contributed by atoms with Crippen molar-refractivity contribution in [2.75, 3.05) is 0 Å². The highest BCUT2D eigenvalue weighted by Gasteiger charge is 2.13. The van der Waals surface area contributed by atoms with E-state index >= 15 is 0 Å². The Bertz CT molecular complexity index is 830. The molecule has 0 N–H and O–H groups in total. The molecule has 3 nitrogen and oxygen atoms in total. The van der Waals surface area contributed by atoms with Crippen molar-refractivity contribution in [3.05, 3.63) is 57.5 Å². The van der Waals surface area contributed by atoms with Gasteiger partial charge < -0.3 is 0 Å². The lowest BCUT2D eigenvalue weighted by Crippen LogP contribution is -2.19. The Kier molecular flexibility index (Phi) is 3.18. The Morgan fingerprint density at radius 3 is 2.50 bits per heavy atom. The lowest BCUT2D eigenvalue weighted by atomic mass is 9.98. The summed E-state index contributed by atoms with van der Waals surface area (Å²) in [6.45, 7) is 6.23. The van der Waals surface area contributed by atoms with Gasteiger partial charge in [-0.3, -0.25) is 9.36 Å². The lowest BCUT2D eigenvalue weighted by molar-refractivity contribution is 0.847. The van der Waals surface area contributed by atoms with Gasteiger partial charge in [0.05, 0.1) is 11.4 Å². The van der Waals surface area contributed by atoms with Crippen LogP contribution in [0, 0.1) is 6.92 Å². The van der Waals surface area contributed by atoms with Gasteiger partial charge in [0.2, 0.25) is 0 Å². The third-order valence-electron chi connectivity index (χ3n) is 3.56. The Balaban J connectivity index is 2.43. The monoisotopic (exact) mass is 284 g/mol. The quantitative estimate of drug-likeness (QED) is 0.716. The van der Waals surface area contributed by atoms with Gasteiger partial charge >= 0.3 is 0 Å². The number of rotatable bonds is 2. The maximum atomic E-state index is 12.7. The molecular weight excluding hydrogens is 268 g/mol. The van der Waals surface area contributed by atoms with Crippen molar-refractivity contribution in [3.8, 4) is 5.69 Å². The average molecular weight is 284 g/mol. The van der Waals surface area contributed by atoms with E-state index < -0.39 is 0 Å². The van der Waals surface area contributed by atoms with Crippen LogP contribution >= 0.6 is 11.5 Å². The number of fused-ring (bicyclic) bond motifs is 1. The molecule has 0 aliphatic rings. The summed E-state index contributed by atoms with van der Waals surface area (Å²) in [6.07, 6.45) is 1.96. The van der Waals surface area contributed by atoms with Crippen molar-refractivity contribution in [1.82, 2.24) is 8.94 Å². The maximum absolute atomic E-state index is 12.7. The molecule has 0 spiro atoms. The van der Waals surface area contributed by atoms with Gasteiger partial charge in [-0.05, 0) is 41.4 Å². The highest BCUT2D eigenvalue weighted by molar-refractivity contribution is 7.04. The molecule has 0 unspecified atom stereocenters. The van der Waals surface area contributed by atoms with Crippen LogP contribution in [-0.4, -0.2) is 8.94 Å². The molecule has 3 rings (SSSR count). The van der Waals surface area contributed by atoms with Gasteiger partial charge in [0, 0.05) is 17.0 Å². The lowest BCUT2D eigenvalue weighted by Gasteiger charge is -2.14. The fourth-order valence-corrected chi connectivity index (χ4v) is 3.16. The van der Waals surface area contributed by atoms with Crippen molar-refractivity contribution < 1.29 is 0 Å². The van der Waals surface area contributed by atoms with Crippen molar-refractivity contribution in [3.63, 3.8) is 0 Å². The minimum absolute atomic E-state index is 0.0216. The number of aryl methyl sites for hydroxylation is 1. The molecule has 0 atom stereocenters. The summed E-state index contributed by atoms with van der Waals surface area (Å²) in [6, 6.07) is 7.82. The molecule has 0 fully saturated rings. The van der Waals surface area contributed by atoms with Gasteiger partial charge in [0.15, 0.2) is 0 Å². The molecule has 0 bridgehead atoms. The Hall–Kier alpha value is -1.94. The fraction of sp³-hybridized carbons (Fsp3) is 0.250. The van der Waals surface area contributed by atoms with E-state index in [2.05, 4.69) is 18.2 Å².